The zero-order chi connectivity index (χ0) is 31.6. The van der Waals surface area contributed by atoms with Crippen LogP contribution in [-0.2, 0) is 19.5 Å². The molecule has 9 aromatic rings. The molecule has 3 aromatic heterocycles. The molecule has 6 nitrogen and oxygen atoms in total. The quantitative estimate of drug-likeness (QED) is 0.170. The smallest absolute Gasteiger partial charge is 0.141 e. The monoisotopic (exact) mass is 618 g/mol. The zero-order valence-corrected chi connectivity index (χ0v) is 26.2. The second kappa shape index (κ2) is 10.6. The van der Waals surface area contributed by atoms with Crippen LogP contribution in [-0.4, -0.2) is 28.7 Å². The van der Waals surface area contributed by atoms with Crippen molar-refractivity contribution in [2.75, 3.05) is 0 Å². The van der Waals surface area contributed by atoms with Gasteiger partial charge < -0.3 is 9.13 Å². The fourth-order valence-electron chi connectivity index (χ4n) is 7.22. The molecule has 4 aliphatic rings. The minimum atomic E-state index is 0.706. The average molecular weight is 619 g/mol. The van der Waals surface area contributed by atoms with E-state index >= 15 is 0 Å². The largest absolute Gasteiger partial charge is 0.319 e. The summed E-state index contributed by atoms with van der Waals surface area (Å²) in [5.74, 6) is 2.93. The lowest BCUT2D eigenvalue weighted by atomic mass is 10.1. The summed E-state index contributed by atoms with van der Waals surface area (Å²) in [4.78, 5) is 15.4. The number of aromatic nitrogens is 6. The molecule has 48 heavy (non-hydrogen) atoms. The van der Waals surface area contributed by atoms with Crippen LogP contribution in [0.3, 0.4) is 0 Å². The third kappa shape index (κ3) is 4.37. The van der Waals surface area contributed by atoms with Gasteiger partial charge in [-0.1, -0.05) is 97.1 Å². The van der Waals surface area contributed by atoms with Crippen molar-refractivity contribution >= 4 is 33.1 Å². The summed E-state index contributed by atoms with van der Waals surface area (Å²) in [5, 5.41) is 0. The summed E-state index contributed by atoms with van der Waals surface area (Å²) in [6, 6.07) is 51.8. The summed E-state index contributed by atoms with van der Waals surface area (Å²) in [5.41, 5.74) is 13.3. The van der Waals surface area contributed by atoms with Crippen LogP contribution in [0.4, 0.5) is 0 Å². The fraction of sp³-hybridized carbons (Fsp3) is 0.0714. The molecule has 0 radical (unpaired) electrons. The molecule has 0 spiro atoms. The third-order valence-corrected chi connectivity index (χ3v) is 9.60. The Bertz CT molecular complexity index is 2620. The molecule has 7 heterocycles. The maximum absolute atomic E-state index is 5.13. The molecule has 0 N–H and O–H groups in total. The van der Waals surface area contributed by atoms with E-state index in [1.807, 2.05) is 0 Å². The van der Waals surface area contributed by atoms with Gasteiger partial charge in [-0.3, -0.25) is 4.57 Å². The van der Waals surface area contributed by atoms with Crippen molar-refractivity contribution < 1.29 is 0 Å². The molecule has 13 rings (SSSR count). The van der Waals surface area contributed by atoms with E-state index in [4.69, 9.17) is 15.0 Å². The molecule has 0 unspecified atom stereocenters. The molecule has 6 aromatic carbocycles. The van der Waals surface area contributed by atoms with Gasteiger partial charge in [0.25, 0.3) is 0 Å². The average Bonchev–Trinajstić information content (AvgIpc) is 3.81. The second-order valence-electron chi connectivity index (χ2n) is 12.6. The first-order valence-corrected chi connectivity index (χ1v) is 16.4. The van der Waals surface area contributed by atoms with Crippen molar-refractivity contribution in [1.29, 1.82) is 0 Å². The van der Waals surface area contributed by atoms with Crippen molar-refractivity contribution in [1.82, 2.24) is 28.7 Å². The number of fused-ring (bicyclic) bond motifs is 6. The molecule has 228 valence electrons. The summed E-state index contributed by atoms with van der Waals surface area (Å²) >= 11 is 0. The topological polar surface area (TPSA) is 53.5 Å². The van der Waals surface area contributed by atoms with Gasteiger partial charge in [0.2, 0.25) is 0 Å². The van der Waals surface area contributed by atoms with Crippen molar-refractivity contribution in [3.63, 3.8) is 0 Å². The van der Waals surface area contributed by atoms with Gasteiger partial charge in [-0.25, -0.2) is 15.0 Å². The highest BCUT2D eigenvalue weighted by atomic mass is 15.1. The summed E-state index contributed by atoms with van der Waals surface area (Å²) < 4.78 is 6.97. The van der Waals surface area contributed by atoms with E-state index in [1.54, 1.807) is 0 Å². The summed E-state index contributed by atoms with van der Waals surface area (Å²) in [7, 11) is 0. The number of nitrogens with zero attached hydrogens (tertiary/aromatic N) is 6. The minimum absolute atomic E-state index is 0.706. The molecule has 6 bridgehead atoms. The zero-order valence-electron chi connectivity index (χ0n) is 26.2. The highest BCUT2D eigenvalue weighted by Crippen LogP contribution is 2.31. The van der Waals surface area contributed by atoms with Crippen LogP contribution in [0, 0.1) is 0 Å². The fourth-order valence-corrected chi connectivity index (χ4v) is 7.22. The number of para-hydroxylation sites is 6. The Morgan fingerprint density at radius 2 is 0.833 bits per heavy atom. The SMILES string of the molecule is c1ccc2c(c1)nc1n2Cc2ccc(cc2)Cc2nc3ccccc3n2-c2ccc(cc2)Cn2c(nc3ccccc32)-c2ccc-1cc2. The van der Waals surface area contributed by atoms with Crippen LogP contribution in [0.15, 0.2) is 146 Å². The standard InChI is InChI=1S/C42H30N6/c1-4-10-37-34(7-1)44-41-31-19-21-32(22-20-31)42-45-35-8-2-5-11-38(35)47(42)27-30-17-23-33(24-18-30)48-39-12-6-3-9-36(39)43-40(48)25-28-13-15-29(16-14-28)26-46(37)41/h1-24H,25-27H2. The van der Waals surface area contributed by atoms with Gasteiger partial charge in [0.15, 0.2) is 0 Å². The molecule has 0 saturated carbocycles. The van der Waals surface area contributed by atoms with E-state index in [0.717, 1.165) is 80.4 Å². The number of benzene rings is 6. The minimum Gasteiger partial charge on any atom is -0.319 e. The van der Waals surface area contributed by atoms with Crippen LogP contribution in [0.2, 0.25) is 0 Å². The molecule has 0 fully saturated rings. The maximum atomic E-state index is 5.13. The lowest BCUT2D eigenvalue weighted by molar-refractivity contribution is 0.832. The number of rotatable bonds is 0. The van der Waals surface area contributed by atoms with Gasteiger partial charge in [-0.2, -0.15) is 0 Å². The Morgan fingerprint density at radius 3 is 1.38 bits per heavy atom. The summed E-state index contributed by atoms with van der Waals surface area (Å²) in [6.45, 7) is 1.43. The van der Waals surface area contributed by atoms with Crippen LogP contribution in [0.25, 0.3) is 61.6 Å². The molecule has 6 heteroatoms. The van der Waals surface area contributed by atoms with Gasteiger partial charge in [-0.15, -0.1) is 0 Å². The van der Waals surface area contributed by atoms with Gasteiger partial charge >= 0.3 is 0 Å². The Kier molecular flexibility index (Phi) is 5.96. The van der Waals surface area contributed by atoms with E-state index in [9.17, 15) is 0 Å². The Morgan fingerprint density at radius 1 is 0.396 bits per heavy atom. The molecule has 4 aliphatic heterocycles. The van der Waals surface area contributed by atoms with E-state index in [1.165, 1.54) is 16.7 Å². The van der Waals surface area contributed by atoms with Crippen LogP contribution in [0.1, 0.15) is 22.5 Å². The predicted octanol–water partition coefficient (Wildman–Crippen LogP) is 9.06. The highest BCUT2D eigenvalue weighted by molar-refractivity contribution is 5.83. The van der Waals surface area contributed by atoms with Crippen molar-refractivity contribution in [3.05, 3.63) is 168 Å². The van der Waals surface area contributed by atoms with E-state index in [2.05, 4.69) is 159 Å². The number of imidazole rings is 3. The van der Waals surface area contributed by atoms with Crippen molar-refractivity contribution in [2.24, 2.45) is 0 Å². The Balaban J connectivity index is 1.18. The first-order chi connectivity index (χ1) is 23.7. The lowest BCUT2D eigenvalue weighted by Gasteiger charge is -2.13. The van der Waals surface area contributed by atoms with Gasteiger partial charge in [0, 0.05) is 36.3 Å². The molecule has 0 aliphatic carbocycles. The first kappa shape index (κ1) is 26.9. The Hall–Kier alpha value is -6.27. The maximum Gasteiger partial charge on any atom is 0.141 e. The van der Waals surface area contributed by atoms with Crippen molar-refractivity contribution in [3.8, 4) is 28.5 Å². The third-order valence-electron chi connectivity index (χ3n) is 9.60. The molecule has 0 amide bonds. The normalized spacial score (nSPS) is 12.8. The first-order valence-electron chi connectivity index (χ1n) is 16.4. The van der Waals surface area contributed by atoms with Crippen LogP contribution >= 0.6 is 0 Å². The second-order valence-corrected chi connectivity index (χ2v) is 12.6. The lowest BCUT2D eigenvalue weighted by Crippen LogP contribution is -2.05. The van der Waals surface area contributed by atoms with Crippen LogP contribution in [0.5, 0.6) is 0 Å². The van der Waals surface area contributed by atoms with Gasteiger partial charge in [-0.05, 0) is 65.2 Å². The van der Waals surface area contributed by atoms with Crippen LogP contribution < -0.4 is 0 Å². The summed E-state index contributed by atoms with van der Waals surface area (Å²) in [6.07, 6.45) is 0.729. The molecular weight excluding hydrogens is 589 g/mol. The highest BCUT2D eigenvalue weighted by Gasteiger charge is 2.18. The number of hydrogen-bond donors (Lipinski definition) is 0. The molecule has 0 saturated heterocycles. The number of hydrogen-bond acceptors (Lipinski definition) is 3. The Labute approximate surface area is 277 Å². The predicted molar refractivity (Wildman–Crippen MR) is 192 cm³/mol. The molecule has 0 atom stereocenters. The van der Waals surface area contributed by atoms with Gasteiger partial charge in [0.05, 0.1) is 33.1 Å². The van der Waals surface area contributed by atoms with Gasteiger partial charge in [0.1, 0.15) is 17.5 Å². The van der Waals surface area contributed by atoms with E-state index < -0.39 is 0 Å². The van der Waals surface area contributed by atoms with Crippen molar-refractivity contribution in [2.45, 2.75) is 19.5 Å². The van der Waals surface area contributed by atoms with E-state index in [-0.39, 0.29) is 0 Å². The molecular formula is C42H30N6. The van der Waals surface area contributed by atoms with E-state index in [0.29, 0.717) is 6.54 Å².